The van der Waals surface area contributed by atoms with E-state index in [0.29, 0.717) is 11.5 Å². The van der Waals surface area contributed by atoms with Crippen LogP contribution in [0.3, 0.4) is 0 Å². The van der Waals surface area contributed by atoms with Crippen LogP contribution in [0.4, 0.5) is 17.1 Å². The van der Waals surface area contributed by atoms with E-state index in [1.807, 2.05) is 48.5 Å². The SMILES string of the molecule is CC1(C)c2ccccc2-c2c(N(c3cccc(-c4cccc5ccccc45)c3)c3c4oc(-c5ccccc5)nc4cc4oc5ccccc5c34)cccc21. The molecule has 0 fully saturated rings. The van der Waals surface area contributed by atoms with Gasteiger partial charge in [0.15, 0.2) is 5.58 Å². The quantitative estimate of drug-likeness (QED) is 0.180. The fraction of sp³-hybridized carbons (Fsp3) is 0.0600. The minimum Gasteiger partial charge on any atom is -0.456 e. The van der Waals surface area contributed by atoms with Crippen molar-refractivity contribution in [1.29, 1.82) is 0 Å². The Morgan fingerprint density at radius 1 is 0.537 bits per heavy atom. The van der Waals surface area contributed by atoms with Gasteiger partial charge >= 0.3 is 0 Å². The van der Waals surface area contributed by atoms with Gasteiger partial charge in [0.25, 0.3) is 0 Å². The molecule has 0 aliphatic heterocycles. The molecule has 10 aromatic rings. The van der Waals surface area contributed by atoms with Gasteiger partial charge in [0, 0.05) is 33.7 Å². The van der Waals surface area contributed by atoms with Gasteiger partial charge < -0.3 is 13.7 Å². The van der Waals surface area contributed by atoms with Crippen LogP contribution in [-0.4, -0.2) is 4.98 Å². The maximum Gasteiger partial charge on any atom is 0.227 e. The van der Waals surface area contributed by atoms with Gasteiger partial charge in [-0.15, -0.1) is 0 Å². The van der Waals surface area contributed by atoms with E-state index in [4.69, 9.17) is 13.8 Å². The first-order valence-corrected chi connectivity index (χ1v) is 18.5. The molecular weight excluding hydrogens is 661 g/mol. The van der Waals surface area contributed by atoms with Gasteiger partial charge in [0.1, 0.15) is 22.4 Å². The smallest absolute Gasteiger partial charge is 0.227 e. The molecule has 0 unspecified atom stereocenters. The lowest BCUT2D eigenvalue weighted by Gasteiger charge is -2.29. The average Bonchev–Trinajstić information content (AvgIpc) is 3.88. The number of benzene rings is 8. The van der Waals surface area contributed by atoms with E-state index in [1.165, 1.54) is 38.6 Å². The number of oxazole rings is 1. The third-order valence-electron chi connectivity index (χ3n) is 11.3. The molecular formula is C50H34N2O2. The normalized spacial score (nSPS) is 13.1. The average molecular weight is 695 g/mol. The Balaban J connectivity index is 1.28. The van der Waals surface area contributed by atoms with Gasteiger partial charge in [-0.1, -0.05) is 141 Å². The zero-order chi connectivity index (χ0) is 36.0. The van der Waals surface area contributed by atoms with Crippen molar-refractivity contribution < 1.29 is 8.83 Å². The summed E-state index contributed by atoms with van der Waals surface area (Å²) < 4.78 is 13.6. The van der Waals surface area contributed by atoms with Crippen LogP contribution in [0.15, 0.2) is 179 Å². The number of hydrogen-bond donors (Lipinski definition) is 0. The monoisotopic (exact) mass is 694 g/mol. The molecule has 4 heteroatoms. The molecule has 1 aliphatic carbocycles. The zero-order valence-corrected chi connectivity index (χ0v) is 29.9. The molecule has 8 aromatic carbocycles. The van der Waals surface area contributed by atoms with Crippen molar-refractivity contribution in [3.8, 4) is 33.7 Å². The largest absolute Gasteiger partial charge is 0.456 e. The van der Waals surface area contributed by atoms with Crippen LogP contribution in [0, 0.1) is 0 Å². The van der Waals surface area contributed by atoms with Crippen molar-refractivity contribution in [2.24, 2.45) is 0 Å². The first-order chi connectivity index (χ1) is 26.5. The molecule has 2 aromatic heterocycles. The summed E-state index contributed by atoms with van der Waals surface area (Å²) in [5.74, 6) is 0.568. The van der Waals surface area contributed by atoms with E-state index in [0.717, 1.165) is 55.6 Å². The minimum atomic E-state index is -0.186. The lowest BCUT2D eigenvalue weighted by Crippen LogP contribution is -2.16. The maximum atomic E-state index is 6.94. The maximum absolute atomic E-state index is 6.94. The van der Waals surface area contributed by atoms with Crippen LogP contribution < -0.4 is 4.90 Å². The molecule has 256 valence electrons. The summed E-state index contributed by atoms with van der Waals surface area (Å²) in [7, 11) is 0. The highest BCUT2D eigenvalue weighted by Gasteiger charge is 2.38. The molecule has 54 heavy (non-hydrogen) atoms. The van der Waals surface area contributed by atoms with Gasteiger partial charge in [-0.25, -0.2) is 4.98 Å². The molecule has 0 atom stereocenters. The van der Waals surface area contributed by atoms with Crippen molar-refractivity contribution >= 4 is 60.9 Å². The van der Waals surface area contributed by atoms with E-state index < -0.39 is 0 Å². The Labute approximate surface area is 312 Å². The number of fused-ring (bicyclic) bond motifs is 8. The Morgan fingerprint density at radius 3 is 2.13 bits per heavy atom. The molecule has 0 saturated heterocycles. The van der Waals surface area contributed by atoms with Crippen molar-refractivity contribution in [1.82, 2.24) is 4.98 Å². The number of rotatable bonds is 5. The Kier molecular flexibility index (Phi) is 6.56. The summed E-state index contributed by atoms with van der Waals surface area (Å²) in [4.78, 5) is 7.51. The molecule has 0 radical (unpaired) electrons. The molecule has 1 aliphatic rings. The van der Waals surface area contributed by atoms with Crippen LogP contribution >= 0.6 is 0 Å². The van der Waals surface area contributed by atoms with Crippen LogP contribution in [0.1, 0.15) is 25.0 Å². The second-order valence-electron chi connectivity index (χ2n) is 14.7. The van der Waals surface area contributed by atoms with Gasteiger partial charge in [-0.2, -0.15) is 0 Å². The fourth-order valence-electron chi connectivity index (χ4n) is 8.76. The minimum absolute atomic E-state index is 0.186. The lowest BCUT2D eigenvalue weighted by atomic mass is 9.82. The van der Waals surface area contributed by atoms with E-state index in [-0.39, 0.29) is 5.41 Å². The predicted molar refractivity (Wildman–Crippen MR) is 222 cm³/mol. The van der Waals surface area contributed by atoms with Crippen LogP contribution in [-0.2, 0) is 5.41 Å². The van der Waals surface area contributed by atoms with Gasteiger partial charge in [0.2, 0.25) is 5.89 Å². The van der Waals surface area contributed by atoms with E-state index in [9.17, 15) is 0 Å². The second-order valence-corrected chi connectivity index (χ2v) is 14.7. The molecule has 11 rings (SSSR count). The summed E-state index contributed by atoms with van der Waals surface area (Å²) >= 11 is 0. The third kappa shape index (κ3) is 4.47. The summed E-state index contributed by atoms with van der Waals surface area (Å²) in [6, 6.07) is 60.1. The standard InChI is InChI=1S/C50H34N2O2/c1-50(2)39-25-10-8-22-37(39)45-40(50)26-14-27-42(45)52(34-20-12-19-33(29-34)36-24-13-18-31-15-6-7-21-35(31)36)47-46-38-23-9-11-28-43(38)53-44(46)30-41-48(47)54-49(51-41)32-16-4-3-5-17-32/h3-30H,1-2H3. The van der Waals surface area contributed by atoms with Crippen molar-refractivity contribution in [3.05, 3.63) is 181 Å². The molecule has 0 saturated carbocycles. The highest BCUT2D eigenvalue weighted by Crippen LogP contribution is 2.56. The molecule has 0 amide bonds. The van der Waals surface area contributed by atoms with E-state index in [2.05, 4.69) is 140 Å². The van der Waals surface area contributed by atoms with Crippen LogP contribution in [0.2, 0.25) is 0 Å². The third-order valence-corrected chi connectivity index (χ3v) is 11.3. The molecule has 4 nitrogen and oxygen atoms in total. The van der Waals surface area contributed by atoms with Crippen LogP contribution in [0.25, 0.3) is 77.5 Å². The van der Waals surface area contributed by atoms with Gasteiger partial charge in [-0.3, -0.25) is 0 Å². The summed E-state index contributed by atoms with van der Waals surface area (Å²) in [5, 5.41) is 4.43. The summed E-state index contributed by atoms with van der Waals surface area (Å²) in [5.41, 5.74) is 14.1. The molecule has 2 heterocycles. The number of furan rings is 1. The summed E-state index contributed by atoms with van der Waals surface area (Å²) in [6.07, 6.45) is 0. The van der Waals surface area contributed by atoms with E-state index in [1.54, 1.807) is 0 Å². The molecule has 0 spiro atoms. The molecule has 0 bridgehead atoms. The summed E-state index contributed by atoms with van der Waals surface area (Å²) in [6.45, 7) is 4.66. The van der Waals surface area contributed by atoms with Crippen molar-refractivity contribution in [2.45, 2.75) is 19.3 Å². The topological polar surface area (TPSA) is 42.4 Å². The zero-order valence-electron chi connectivity index (χ0n) is 29.9. The highest BCUT2D eigenvalue weighted by molar-refractivity contribution is 6.21. The number of para-hydroxylation sites is 1. The second kappa shape index (κ2) is 11.5. The number of anilines is 3. The Hall–Kier alpha value is -6.91. The lowest BCUT2D eigenvalue weighted by molar-refractivity contribution is 0.620. The Bertz CT molecular complexity index is 3090. The first kappa shape index (κ1) is 30.7. The van der Waals surface area contributed by atoms with Gasteiger partial charge in [-0.05, 0) is 75.0 Å². The van der Waals surface area contributed by atoms with Crippen molar-refractivity contribution in [2.75, 3.05) is 4.90 Å². The Morgan fingerprint density at radius 2 is 1.22 bits per heavy atom. The van der Waals surface area contributed by atoms with Gasteiger partial charge in [0.05, 0.1) is 11.1 Å². The van der Waals surface area contributed by atoms with E-state index >= 15 is 0 Å². The predicted octanol–water partition coefficient (Wildman–Crippen LogP) is 14.0. The number of aromatic nitrogens is 1. The van der Waals surface area contributed by atoms with Crippen LogP contribution in [0.5, 0.6) is 0 Å². The first-order valence-electron chi connectivity index (χ1n) is 18.5. The molecule has 0 N–H and O–H groups in total. The van der Waals surface area contributed by atoms with Crippen molar-refractivity contribution in [3.63, 3.8) is 0 Å². The highest BCUT2D eigenvalue weighted by atomic mass is 16.4. The number of hydrogen-bond acceptors (Lipinski definition) is 4. The fourth-order valence-corrected chi connectivity index (χ4v) is 8.76. The number of nitrogens with zero attached hydrogens (tertiary/aromatic N) is 2.